The standard InChI is InChI=1S/C25H28O8/c1-15(26)30-11-5-6-18-7-9-22-20(12-18)21(14-31-16(2)27)25(33-22)19-8-10-23(32-17(3)28)24(13-19)29-4/h7-10,12-13,21,25H,5-6,11,14H2,1-4H3. The highest BCUT2D eigenvalue weighted by molar-refractivity contribution is 5.70. The summed E-state index contributed by atoms with van der Waals surface area (Å²) in [7, 11) is 1.49. The van der Waals surface area contributed by atoms with E-state index in [4.69, 9.17) is 23.7 Å². The van der Waals surface area contributed by atoms with Crippen molar-refractivity contribution in [2.24, 2.45) is 0 Å². The van der Waals surface area contributed by atoms with Crippen molar-refractivity contribution < 1.29 is 38.1 Å². The first-order valence-corrected chi connectivity index (χ1v) is 10.7. The van der Waals surface area contributed by atoms with E-state index in [1.54, 1.807) is 18.2 Å². The van der Waals surface area contributed by atoms with Crippen molar-refractivity contribution in [2.45, 2.75) is 45.6 Å². The minimum absolute atomic E-state index is 0.151. The number of hydrogen-bond acceptors (Lipinski definition) is 8. The monoisotopic (exact) mass is 456 g/mol. The average molecular weight is 456 g/mol. The van der Waals surface area contributed by atoms with E-state index in [1.807, 2.05) is 18.2 Å². The van der Waals surface area contributed by atoms with Crippen LogP contribution in [0, 0.1) is 0 Å². The molecule has 2 aromatic rings. The minimum atomic E-state index is -0.445. The summed E-state index contributed by atoms with van der Waals surface area (Å²) in [6.45, 7) is 4.59. The second-order valence-corrected chi connectivity index (χ2v) is 7.77. The molecule has 176 valence electrons. The van der Waals surface area contributed by atoms with Gasteiger partial charge in [0.15, 0.2) is 11.5 Å². The molecule has 0 bridgehead atoms. The maximum atomic E-state index is 11.5. The molecular weight excluding hydrogens is 428 g/mol. The van der Waals surface area contributed by atoms with Crippen LogP contribution in [-0.4, -0.2) is 38.2 Å². The fraction of sp³-hybridized carbons (Fsp3) is 0.400. The lowest BCUT2D eigenvalue weighted by atomic mass is 9.90. The van der Waals surface area contributed by atoms with Gasteiger partial charge >= 0.3 is 17.9 Å². The Morgan fingerprint density at radius 2 is 1.67 bits per heavy atom. The molecule has 0 amide bonds. The van der Waals surface area contributed by atoms with Crippen LogP contribution in [0.5, 0.6) is 17.2 Å². The molecule has 0 radical (unpaired) electrons. The summed E-state index contributed by atoms with van der Waals surface area (Å²) >= 11 is 0. The molecule has 0 saturated carbocycles. The van der Waals surface area contributed by atoms with Crippen LogP contribution < -0.4 is 14.2 Å². The van der Waals surface area contributed by atoms with Gasteiger partial charge in [0.25, 0.3) is 0 Å². The van der Waals surface area contributed by atoms with Gasteiger partial charge in [-0.05, 0) is 42.2 Å². The molecule has 8 nitrogen and oxygen atoms in total. The Bertz CT molecular complexity index is 1030. The van der Waals surface area contributed by atoms with Gasteiger partial charge in [-0.1, -0.05) is 18.2 Å². The number of fused-ring (bicyclic) bond motifs is 1. The van der Waals surface area contributed by atoms with Gasteiger partial charge in [0.1, 0.15) is 18.5 Å². The van der Waals surface area contributed by atoms with Gasteiger partial charge in [-0.15, -0.1) is 0 Å². The lowest BCUT2D eigenvalue weighted by molar-refractivity contribution is -0.142. The summed E-state index contributed by atoms with van der Waals surface area (Å²) in [5, 5.41) is 0. The summed E-state index contributed by atoms with van der Waals surface area (Å²) in [5.74, 6) is 0.0832. The highest BCUT2D eigenvalue weighted by Gasteiger charge is 2.37. The summed E-state index contributed by atoms with van der Waals surface area (Å²) < 4.78 is 27.2. The maximum absolute atomic E-state index is 11.5. The molecule has 1 heterocycles. The molecule has 0 aliphatic carbocycles. The highest BCUT2D eigenvalue weighted by Crippen LogP contribution is 2.47. The molecule has 3 rings (SSSR count). The molecule has 0 saturated heterocycles. The molecule has 0 spiro atoms. The van der Waals surface area contributed by atoms with Crippen molar-refractivity contribution in [3.8, 4) is 17.2 Å². The van der Waals surface area contributed by atoms with Crippen LogP contribution in [0.25, 0.3) is 0 Å². The molecule has 0 aromatic heterocycles. The zero-order chi connectivity index (χ0) is 24.0. The van der Waals surface area contributed by atoms with E-state index in [0.717, 1.165) is 23.1 Å². The molecule has 8 heteroatoms. The van der Waals surface area contributed by atoms with Crippen molar-refractivity contribution in [1.29, 1.82) is 0 Å². The van der Waals surface area contributed by atoms with Crippen LogP contribution in [0.3, 0.4) is 0 Å². The Kier molecular flexibility index (Phi) is 7.92. The molecule has 0 N–H and O–H groups in total. The van der Waals surface area contributed by atoms with Gasteiger partial charge < -0.3 is 23.7 Å². The van der Waals surface area contributed by atoms with Crippen LogP contribution in [-0.2, 0) is 30.3 Å². The Hall–Kier alpha value is -3.55. The zero-order valence-corrected chi connectivity index (χ0v) is 19.2. The van der Waals surface area contributed by atoms with Crippen LogP contribution in [0.4, 0.5) is 0 Å². The van der Waals surface area contributed by atoms with E-state index in [-0.39, 0.29) is 24.5 Å². The third-order valence-electron chi connectivity index (χ3n) is 5.24. The number of esters is 3. The Balaban J connectivity index is 1.86. The predicted molar refractivity (Wildman–Crippen MR) is 118 cm³/mol. The number of carbonyl (C=O) groups excluding carboxylic acids is 3. The molecule has 2 unspecified atom stereocenters. The summed E-state index contributed by atoms with van der Waals surface area (Å²) in [5.41, 5.74) is 2.81. The van der Waals surface area contributed by atoms with Crippen LogP contribution >= 0.6 is 0 Å². The highest BCUT2D eigenvalue weighted by atomic mass is 16.6. The number of ether oxygens (including phenoxy) is 5. The van der Waals surface area contributed by atoms with Crippen LogP contribution in [0.15, 0.2) is 36.4 Å². The number of hydrogen-bond donors (Lipinski definition) is 0. The maximum Gasteiger partial charge on any atom is 0.308 e. The van der Waals surface area contributed by atoms with Crippen molar-refractivity contribution in [2.75, 3.05) is 20.3 Å². The van der Waals surface area contributed by atoms with E-state index in [1.165, 1.54) is 27.9 Å². The zero-order valence-electron chi connectivity index (χ0n) is 19.2. The van der Waals surface area contributed by atoms with Crippen LogP contribution in [0.2, 0.25) is 0 Å². The van der Waals surface area contributed by atoms with E-state index in [9.17, 15) is 14.4 Å². The summed E-state index contributed by atoms with van der Waals surface area (Å²) in [4.78, 5) is 33.8. The Labute approximate surface area is 192 Å². The third kappa shape index (κ3) is 6.25. The molecule has 0 fully saturated rings. The number of methoxy groups -OCH3 is 1. The third-order valence-corrected chi connectivity index (χ3v) is 5.24. The number of carbonyl (C=O) groups is 3. The first-order valence-electron chi connectivity index (χ1n) is 10.7. The van der Waals surface area contributed by atoms with E-state index >= 15 is 0 Å². The lowest BCUT2D eigenvalue weighted by Crippen LogP contribution is -2.17. The largest absolute Gasteiger partial charge is 0.493 e. The normalized spacial score (nSPS) is 16.4. The van der Waals surface area contributed by atoms with Crippen molar-refractivity contribution in [3.63, 3.8) is 0 Å². The number of aryl methyl sites for hydroxylation is 1. The topological polar surface area (TPSA) is 97.4 Å². The summed E-state index contributed by atoms with van der Waals surface area (Å²) in [6.07, 6.45) is 1.01. The fourth-order valence-corrected chi connectivity index (χ4v) is 3.81. The number of rotatable bonds is 9. The van der Waals surface area contributed by atoms with Gasteiger partial charge in [0.05, 0.1) is 19.6 Å². The van der Waals surface area contributed by atoms with Gasteiger partial charge in [0.2, 0.25) is 0 Å². The van der Waals surface area contributed by atoms with Crippen LogP contribution in [0.1, 0.15) is 55.9 Å². The second kappa shape index (κ2) is 10.8. The Morgan fingerprint density at radius 1 is 0.909 bits per heavy atom. The molecule has 2 atom stereocenters. The summed E-state index contributed by atoms with van der Waals surface area (Å²) in [6, 6.07) is 11.1. The first kappa shape index (κ1) is 24.1. The minimum Gasteiger partial charge on any atom is -0.493 e. The molecule has 33 heavy (non-hydrogen) atoms. The fourth-order valence-electron chi connectivity index (χ4n) is 3.81. The van der Waals surface area contributed by atoms with Crippen molar-refractivity contribution in [1.82, 2.24) is 0 Å². The van der Waals surface area contributed by atoms with E-state index < -0.39 is 12.1 Å². The molecule has 1 aliphatic rings. The second-order valence-electron chi connectivity index (χ2n) is 7.77. The predicted octanol–water partition coefficient (Wildman–Crippen LogP) is 3.90. The van der Waals surface area contributed by atoms with E-state index in [2.05, 4.69) is 0 Å². The van der Waals surface area contributed by atoms with E-state index in [0.29, 0.717) is 30.3 Å². The van der Waals surface area contributed by atoms with Crippen molar-refractivity contribution in [3.05, 3.63) is 53.1 Å². The van der Waals surface area contributed by atoms with Gasteiger partial charge in [-0.2, -0.15) is 0 Å². The molecule has 2 aromatic carbocycles. The lowest BCUT2D eigenvalue weighted by Gasteiger charge is -2.20. The first-order chi connectivity index (χ1) is 15.8. The van der Waals surface area contributed by atoms with Crippen molar-refractivity contribution >= 4 is 17.9 Å². The molecule has 1 aliphatic heterocycles. The average Bonchev–Trinajstić information content (AvgIpc) is 3.12. The molecular formula is C25H28O8. The van der Waals surface area contributed by atoms with Gasteiger partial charge in [-0.25, -0.2) is 0 Å². The van der Waals surface area contributed by atoms with Gasteiger partial charge in [-0.3, -0.25) is 14.4 Å². The SMILES string of the molecule is COc1cc(C2Oc3ccc(CCCOC(C)=O)cc3C2COC(C)=O)ccc1OC(C)=O. The Morgan fingerprint density at radius 3 is 2.33 bits per heavy atom. The number of benzene rings is 2. The smallest absolute Gasteiger partial charge is 0.308 e. The quantitative estimate of drug-likeness (QED) is 0.318. The van der Waals surface area contributed by atoms with Gasteiger partial charge in [0, 0.05) is 26.3 Å².